The molecular weight excluding hydrogens is 468 g/mol. The van der Waals surface area contributed by atoms with Gasteiger partial charge in [0.25, 0.3) is 0 Å². The number of hydrogen-bond donors (Lipinski definition) is 3. The van der Waals surface area contributed by atoms with Crippen molar-refractivity contribution in [2.75, 3.05) is 31.7 Å². The number of piperidine rings is 1. The van der Waals surface area contributed by atoms with E-state index in [1.807, 2.05) is 42.7 Å². The summed E-state index contributed by atoms with van der Waals surface area (Å²) in [5.41, 5.74) is 2.47. The molecule has 1 fully saturated rings. The van der Waals surface area contributed by atoms with Gasteiger partial charge < -0.3 is 25.2 Å². The second kappa shape index (κ2) is 10.7. The minimum atomic E-state index is -1.97. The Labute approximate surface area is 208 Å². The van der Waals surface area contributed by atoms with Crippen molar-refractivity contribution in [1.82, 2.24) is 10.2 Å². The zero-order chi connectivity index (χ0) is 25.0. The second-order valence-corrected chi connectivity index (χ2v) is 9.99. The topological polar surface area (TPSA) is 116 Å². The number of amides is 2. The molecule has 2 atom stereocenters. The van der Waals surface area contributed by atoms with Gasteiger partial charge in [-0.1, -0.05) is 48.5 Å². The Morgan fingerprint density at radius 1 is 1.14 bits per heavy atom. The van der Waals surface area contributed by atoms with Crippen molar-refractivity contribution >= 4 is 29.7 Å². The maximum Gasteiger partial charge on any atom is 0.407 e. The van der Waals surface area contributed by atoms with E-state index in [1.165, 1.54) is 16.7 Å². The van der Waals surface area contributed by atoms with Crippen molar-refractivity contribution in [2.45, 2.75) is 36.8 Å². The Balaban J connectivity index is 1.42. The highest BCUT2D eigenvalue weighted by Gasteiger charge is 2.43. The highest BCUT2D eigenvalue weighted by atomic mass is 32.2. The minimum Gasteiger partial charge on any atom is -0.479 e. The molecule has 1 saturated heterocycles. The van der Waals surface area contributed by atoms with E-state index in [0.29, 0.717) is 25.1 Å². The van der Waals surface area contributed by atoms with Gasteiger partial charge in [0, 0.05) is 12.5 Å². The number of alkyl carbamates (subject to hydrolysis) is 1. The first-order chi connectivity index (χ1) is 16.8. The Morgan fingerprint density at radius 3 is 2.37 bits per heavy atom. The van der Waals surface area contributed by atoms with Crippen molar-refractivity contribution in [2.24, 2.45) is 0 Å². The number of nitrogens with zero attached hydrogens (tertiary/aromatic N) is 1. The summed E-state index contributed by atoms with van der Waals surface area (Å²) in [6.45, 7) is 0.158. The molecule has 0 spiro atoms. The third kappa shape index (κ3) is 5.31. The molecule has 35 heavy (non-hydrogen) atoms. The molecule has 0 saturated carbocycles. The van der Waals surface area contributed by atoms with Gasteiger partial charge in [0.15, 0.2) is 5.60 Å². The van der Waals surface area contributed by atoms with E-state index in [2.05, 4.69) is 17.4 Å². The number of fused-ring (bicyclic) bond motifs is 3. The van der Waals surface area contributed by atoms with Crippen LogP contribution in [0.5, 0.6) is 0 Å². The first-order valence-electron chi connectivity index (χ1n) is 11.7. The molecule has 0 aromatic heterocycles. The van der Waals surface area contributed by atoms with Crippen molar-refractivity contribution in [1.29, 1.82) is 0 Å². The van der Waals surface area contributed by atoms with Crippen LogP contribution in [-0.4, -0.2) is 76.4 Å². The molecule has 1 heterocycles. The van der Waals surface area contributed by atoms with Crippen LogP contribution in [-0.2, 0) is 14.3 Å². The van der Waals surface area contributed by atoms with Crippen LogP contribution in [0.15, 0.2) is 48.5 Å². The third-order valence-corrected chi connectivity index (χ3v) is 7.37. The fourth-order valence-corrected chi connectivity index (χ4v) is 5.37. The Bertz CT molecular complexity index is 1060. The largest absolute Gasteiger partial charge is 0.479 e. The molecule has 1 aliphatic heterocycles. The Morgan fingerprint density at radius 2 is 1.77 bits per heavy atom. The van der Waals surface area contributed by atoms with Crippen molar-refractivity contribution in [3.8, 4) is 11.1 Å². The lowest BCUT2D eigenvalue weighted by molar-refractivity contribution is -0.167. The van der Waals surface area contributed by atoms with Crippen LogP contribution in [0.3, 0.4) is 0 Å². The van der Waals surface area contributed by atoms with Crippen LogP contribution in [0.2, 0.25) is 0 Å². The van der Waals surface area contributed by atoms with Gasteiger partial charge >= 0.3 is 12.1 Å². The van der Waals surface area contributed by atoms with Gasteiger partial charge in [-0.25, -0.2) is 9.59 Å². The number of β-amino-alcohol motifs (C(OH)–C–C–N with tert-alkyl or cyclic N) is 1. The average molecular weight is 499 g/mol. The summed E-state index contributed by atoms with van der Waals surface area (Å²) < 4.78 is 5.60. The van der Waals surface area contributed by atoms with Gasteiger partial charge in [-0.2, -0.15) is 11.8 Å². The predicted octanol–water partition coefficient (Wildman–Crippen LogP) is 3.08. The smallest absolute Gasteiger partial charge is 0.407 e. The molecule has 2 aromatic carbocycles. The summed E-state index contributed by atoms with van der Waals surface area (Å²) >= 11 is 1.54. The van der Waals surface area contributed by atoms with E-state index in [9.17, 15) is 24.6 Å². The molecule has 186 valence electrons. The highest BCUT2D eigenvalue weighted by Crippen LogP contribution is 2.44. The van der Waals surface area contributed by atoms with Gasteiger partial charge in [0.05, 0.1) is 6.54 Å². The van der Waals surface area contributed by atoms with Crippen molar-refractivity contribution in [3.63, 3.8) is 0 Å². The highest BCUT2D eigenvalue weighted by molar-refractivity contribution is 7.98. The van der Waals surface area contributed by atoms with Crippen LogP contribution in [0.4, 0.5) is 4.79 Å². The fourth-order valence-electron chi connectivity index (χ4n) is 4.89. The molecule has 0 bridgehead atoms. The molecule has 3 N–H and O–H groups in total. The number of ether oxygens (including phenoxy) is 1. The standard InChI is InChI=1S/C26H30N2O6S/c1-35-14-11-22(23(29)28-13-6-12-26(33,16-28)24(30)31)27-25(32)34-15-21-19-9-4-2-7-17(19)18-8-3-5-10-20(18)21/h2-5,7-10,21-22,33H,6,11-16H2,1H3,(H,27,32)(H,30,31)/t22-,26?/m1/s1. The zero-order valence-electron chi connectivity index (χ0n) is 19.6. The number of carbonyl (C=O) groups is 3. The van der Waals surface area contributed by atoms with Gasteiger partial charge in [-0.3, -0.25) is 4.79 Å². The molecule has 1 unspecified atom stereocenters. The number of aliphatic carboxylic acids is 1. The molecule has 1 aliphatic carbocycles. The number of rotatable bonds is 8. The molecule has 2 aliphatic rings. The predicted molar refractivity (Wildman–Crippen MR) is 133 cm³/mol. The molecule has 4 rings (SSSR count). The summed E-state index contributed by atoms with van der Waals surface area (Å²) in [6.07, 6.45) is 2.03. The minimum absolute atomic E-state index is 0.0847. The number of thioether (sulfide) groups is 1. The molecule has 2 aromatic rings. The van der Waals surface area contributed by atoms with Crippen LogP contribution < -0.4 is 5.32 Å². The van der Waals surface area contributed by atoms with Crippen LogP contribution in [0.25, 0.3) is 11.1 Å². The maximum absolute atomic E-state index is 13.2. The van der Waals surface area contributed by atoms with E-state index in [-0.39, 0.29) is 25.5 Å². The summed E-state index contributed by atoms with van der Waals surface area (Å²) in [6, 6.07) is 15.2. The second-order valence-electron chi connectivity index (χ2n) is 9.00. The molecule has 2 amide bonds. The van der Waals surface area contributed by atoms with E-state index < -0.39 is 29.6 Å². The molecule has 8 nitrogen and oxygen atoms in total. The third-order valence-electron chi connectivity index (χ3n) is 6.73. The quantitative estimate of drug-likeness (QED) is 0.512. The number of carboxylic acids is 1. The number of likely N-dealkylation sites (tertiary alicyclic amines) is 1. The van der Waals surface area contributed by atoms with E-state index >= 15 is 0 Å². The van der Waals surface area contributed by atoms with E-state index in [1.54, 1.807) is 0 Å². The first kappa shape index (κ1) is 25.1. The van der Waals surface area contributed by atoms with Crippen LogP contribution in [0, 0.1) is 0 Å². The molecule has 0 radical (unpaired) electrons. The number of nitrogens with one attached hydrogen (secondary N) is 1. The Kier molecular flexibility index (Phi) is 7.66. The van der Waals surface area contributed by atoms with E-state index in [4.69, 9.17) is 4.74 Å². The molecule has 9 heteroatoms. The number of benzene rings is 2. The van der Waals surface area contributed by atoms with E-state index in [0.717, 1.165) is 22.3 Å². The summed E-state index contributed by atoms with van der Waals surface area (Å²) in [4.78, 5) is 38.7. The number of carbonyl (C=O) groups excluding carboxylic acids is 2. The number of carboxylic acid groups (broad SMARTS) is 1. The lowest BCUT2D eigenvalue weighted by atomic mass is 9.92. The molecular formula is C26H30N2O6S. The van der Waals surface area contributed by atoms with Gasteiger partial charge in [-0.05, 0) is 53.5 Å². The monoisotopic (exact) mass is 498 g/mol. The average Bonchev–Trinajstić information content (AvgIpc) is 3.18. The lowest BCUT2D eigenvalue weighted by Crippen LogP contribution is -2.58. The summed E-state index contributed by atoms with van der Waals surface area (Å²) in [5, 5.41) is 22.4. The van der Waals surface area contributed by atoms with Crippen molar-refractivity contribution < 1.29 is 29.3 Å². The normalized spacial score (nSPS) is 20.0. The van der Waals surface area contributed by atoms with Crippen LogP contribution in [0.1, 0.15) is 36.3 Å². The van der Waals surface area contributed by atoms with Gasteiger partial charge in [0.1, 0.15) is 12.6 Å². The number of aliphatic hydroxyl groups is 1. The fraction of sp³-hybridized carbons (Fsp3) is 0.423. The van der Waals surface area contributed by atoms with Gasteiger partial charge in [0.2, 0.25) is 5.91 Å². The first-order valence-corrected chi connectivity index (χ1v) is 13.1. The van der Waals surface area contributed by atoms with Crippen molar-refractivity contribution in [3.05, 3.63) is 59.7 Å². The zero-order valence-corrected chi connectivity index (χ0v) is 20.4. The SMILES string of the molecule is CSCC[C@@H](NC(=O)OCC1c2ccccc2-c2ccccc21)C(=O)N1CCCC(O)(C(=O)O)C1. The summed E-state index contributed by atoms with van der Waals surface area (Å²) in [7, 11) is 0. The Hall–Kier alpha value is -3.04. The maximum atomic E-state index is 13.2. The number of hydrogen-bond acceptors (Lipinski definition) is 6. The summed E-state index contributed by atoms with van der Waals surface area (Å²) in [5.74, 6) is -1.23. The van der Waals surface area contributed by atoms with Crippen LogP contribution >= 0.6 is 11.8 Å². The lowest BCUT2D eigenvalue weighted by Gasteiger charge is -2.37. The van der Waals surface area contributed by atoms with Gasteiger partial charge in [-0.15, -0.1) is 0 Å².